The third-order valence-corrected chi connectivity index (χ3v) is 5.51. The Bertz CT molecular complexity index is 1080. The van der Waals surface area contributed by atoms with E-state index in [1.807, 2.05) is 25.1 Å². The van der Waals surface area contributed by atoms with E-state index in [1.165, 1.54) is 10.7 Å². The maximum Gasteiger partial charge on any atom is 0.255 e. The van der Waals surface area contributed by atoms with Gasteiger partial charge in [0.15, 0.2) is 0 Å². The number of anilines is 1. The number of rotatable bonds is 6. The maximum absolute atomic E-state index is 14.3. The minimum absolute atomic E-state index is 0.0930. The molecule has 1 fully saturated rings. The Morgan fingerprint density at radius 3 is 2.62 bits per heavy atom. The molecule has 1 amide bonds. The van der Waals surface area contributed by atoms with Crippen molar-refractivity contribution in [2.45, 2.75) is 13.0 Å². The lowest BCUT2D eigenvalue weighted by molar-refractivity contribution is 0.0928. The van der Waals surface area contributed by atoms with Crippen LogP contribution < -0.4 is 10.2 Å². The van der Waals surface area contributed by atoms with Crippen LogP contribution in [-0.2, 0) is 7.05 Å². The Hall–Kier alpha value is -3.33. The van der Waals surface area contributed by atoms with Gasteiger partial charge in [-0.3, -0.25) is 14.4 Å². The van der Waals surface area contributed by atoms with E-state index in [-0.39, 0.29) is 28.8 Å². The lowest BCUT2D eigenvalue weighted by Gasteiger charge is -2.36. The molecule has 7 nitrogen and oxygen atoms in total. The highest BCUT2D eigenvalue weighted by Gasteiger charge is 2.23. The van der Waals surface area contributed by atoms with Gasteiger partial charge in [-0.1, -0.05) is 6.07 Å². The van der Waals surface area contributed by atoms with Gasteiger partial charge in [0, 0.05) is 69.8 Å². The first-order valence-corrected chi connectivity index (χ1v) is 10.6. The number of benzene rings is 1. The van der Waals surface area contributed by atoms with Crippen molar-refractivity contribution >= 4 is 11.7 Å². The van der Waals surface area contributed by atoms with Crippen molar-refractivity contribution in [3.05, 3.63) is 66.0 Å². The lowest BCUT2D eigenvalue weighted by Crippen LogP contribution is -2.51. The number of carbonyl (C=O) groups excluding carboxylic acids is 1. The van der Waals surface area contributed by atoms with Crippen LogP contribution in [0, 0.1) is 11.6 Å². The molecule has 9 heteroatoms. The summed E-state index contributed by atoms with van der Waals surface area (Å²) in [5.74, 6) is -0.788. The van der Waals surface area contributed by atoms with Gasteiger partial charge in [0.1, 0.15) is 23.1 Å². The summed E-state index contributed by atoms with van der Waals surface area (Å²) in [4.78, 5) is 21.9. The van der Waals surface area contributed by atoms with Crippen LogP contribution >= 0.6 is 0 Å². The highest BCUT2D eigenvalue weighted by atomic mass is 19.1. The zero-order valence-electron chi connectivity index (χ0n) is 18.1. The van der Waals surface area contributed by atoms with E-state index in [4.69, 9.17) is 0 Å². The van der Waals surface area contributed by atoms with Crippen molar-refractivity contribution in [2.75, 3.05) is 37.6 Å². The molecule has 0 aliphatic carbocycles. The van der Waals surface area contributed by atoms with E-state index in [1.54, 1.807) is 19.4 Å². The van der Waals surface area contributed by atoms with Crippen molar-refractivity contribution in [3.8, 4) is 11.3 Å². The molecule has 1 aromatic carbocycles. The molecular weight excluding hydrogens is 414 g/mol. The Morgan fingerprint density at radius 1 is 1.16 bits per heavy atom. The summed E-state index contributed by atoms with van der Waals surface area (Å²) in [6.45, 7) is 6.12. The van der Waals surface area contributed by atoms with Crippen LogP contribution in [-0.4, -0.2) is 64.3 Å². The second-order valence-electron chi connectivity index (χ2n) is 8.04. The first-order valence-electron chi connectivity index (χ1n) is 10.6. The molecule has 2 aromatic heterocycles. The highest BCUT2D eigenvalue weighted by Crippen LogP contribution is 2.25. The molecule has 1 saturated heterocycles. The summed E-state index contributed by atoms with van der Waals surface area (Å²) in [5, 5.41) is 7.21. The number of nitrogens with one attached hydrogen (secondary N) is 1. The van der Waals surface area contributed by atoms with E-state index >= 15 is 0 Å². The van der Waals surface area contributed by atoms with Crippen LogP contribution in [0.3, 0.4) is 0 Å². The number of halogens is 2. The molecule has 0 radical (unpaired) electrons. The minimum atomic E-state index is -0.753. The number of hydrogen-bond donors (Lipinski definition) is 1. The van der Waals surface area contributed by atoms with Crippen LogP contribution in [0.5, 0.6) is 0 Å². The average Bonchev–Trinajstić information content (AvgIpc) is 3.16. The number of aromatic nitrogens is 3. The van der Waals surface area contributed by atoms with Crippen LogP contribution in [0.2, 0.25) is 0 Å². The van der Waals surface area contributed by atoms with Crippen molar-refractivity contribution < 1.29 is 13.6 Å². The van der Waals surface area contributed by atoms with E-state index < -0.39 is 11.6 Å². The number of amides is 1. The Morgan fingerprint density at radius 2 is 1.94 bits per heavy atom. The fourth-order valence-corrected chi connectivity index (χ4v) is 3.97. The normalized spacial score (nSPS) is 15.6. The van der Waals surface area contributed by atoms with Gasteiger partial charge >= 0.3 is 0 Å². The van der Waals surface area contributed by atoms with Gasteiger partial charge in [0.2, 0.25) is 0 Å². The van der Waals surface area contributed by atoms with Crippen LogP contribution in [0.15, 0.2) is 48.8 Å². The topological polar surface area (TPSA) is 66.3 Å². The van der Waals surface area contributed by atoms with E-state index in [2.05, 4.69) is 25.2 Å². The second kappa shape index (κ2) is 9.44. The summed E-state index contributed by atoms with van der Waals surface area (Å²) >= 11 is 0. The maximum atomic E-state index is 14.3. The molecule has 32 heavy (non-hydrogen) atoms. The summed E-state index contributed by atoms with van der Waals surface area (Å²) in [6, 6.07) is 9.03. The monoisotopic (exact) mass is 440 g/mol. The van der Waals surface area contributed by atoms with Crippen molar-refractivity contribution in [1.29, 1.82) is 0 Å². The van der Waals surface area contributed by atoms with Gasteiger partial charge in [-0.15, -0.1) is 0 Å². The number of carbonyl (C=O) groups is 1. The fourth-order valence-electron chi connectivity index (χ4n) is 3.97. The molecule has 0 spiro atoms. The standard InChI is InChI=1S/C23H26F2N6O/c1-16(14-30-9-11-31(12-10-30)21-5-3-4-8-26-21)27-23(32)19-15-29(2)28-22(19)18-7-6-17(24)13-20(18)25/h3-8,13,15-16H,9-12,14H2,1-2H3,(H,27,32). The molecule has 168 valence electrons. The van der Waals surface area contributed by atoms with Gasteiger partial charge in [0.05, 0.1) is 5.56 Å². The lowest BCUT2D eigenvalue weighted by atomic mass is 10.1. The van der Waals surface area contributed by atoms with Crippen LogP contribution in [0.4, 0.5) is 14.6 Å². The number of aryl methyl sites for hydroxylation is 1. The molecule has 1 unspecified atom stereocenters. The first-order chi connectivity index (χ1) is 15.4. The fraction of sp³-hybridized carbons (Fsp3) is 0.348. The second-order valence-corrected chi connectivity index (χ2v) is 8.04. The molecule has 3 heterocycles. The summed E-state index contributed by atoms with van der Waals surface area (Å²) in [6.07, 6.45) is 3.34. The largest absolute Gasteiger partial charge is 0.354 e. The predicted octanol–water partition coefficient (Wildman–Crippen LogP) is 2.70. The van der Waals surface area contributed by atoms with Gasteiger partial charge in [-0.05, 0) is 31.2 Å². The highest BCUT2D eigenvalue weighted by molar-refractivity contribution is 6.00. The van der Waals surface area contributed by atoms with E-state index in [0.29, 0.717) is 6.54 Å². The molecule has 1 atom stereocenters. The van der Waals surface area contributed by atoms with Crippen molar-refractivity contribution in [3.63, 3.8) is 0 Å². The zero-order chi connectivity index (χ0) is 22.7. The number of pyridine rings is 1. The summed E-state index contributed by atoms with van der Waals surface area (Å²) < 4.78 is 29.0. The smallest absolute Gasteiger partial charge is 0.255 e. The van der Waals surface area contributed by atoms with Crippen LogP contribution in [0.25, 0.3) is 11.3 Å². The Balaban J connectivity index is 1.37. The predicted molar refractivity (Wildman–Crippen MR) is 118 cm³/mol. The van der Waals surface area contributed by atoms with Gasteiger partial charge in [-0.2, -0.15) is 5.10 Å². The minimum Gasteiger partial charge on any atom is -0.354 e. The van der Waals surface area contributed by atoms with Crippen LogP contribution in [0.1, 0.15) is 17.3 Å². The number of piperazine rings is 1. The van der Waals surface area contributed by atoms with Crippen molar-refractivity contribution in [2.24, 2.45) is 7.05 Å². The van der Waals surface area contributed by atoms with E-state index in [9.17, 15) is 13.6 Å². The van der Waals surface area contributed by atoms with Gasteiger partial charge in [-0.25, -0.2) is 13.8 Å². The number of hydrogen-bond acceptors (Lipinski definition) is 5. The zero-order valence-corrected chi connectivity index (χ0v) is 18.1. The number of nitrogens with zero attached hydrogens (tertiary/aromatic N) is 5. The van der Waals surface area contributed by atoms with Gasteiger partial charge < -0.3 is 10.2 Å². The molecule has 0 bridgehead atoms. The quantitative estimate of drug-likeness (QED) is 0.639. The Labute approximate surface area is 185 Å². The van der Waals surface area contributed by atoms with Gasteiger partial charge in [0.25, 0.3) is 5.91 Å². The van der Waals surface area contributed by atoms with Crippen molar-refractivity contribution in [1.82, 2.24) is 25.0 Å². The first kappa shape index (κ1) is 21.9. The average molecular weight is 440 g/mol. The molecule has 1 aliphatic rings. The Kier molecular flexibility index (Phi) is 6.45. The molecule has 0 saturated carbocycles. The molecule has 4 rings (SSSR count). The third kappa shape index (κ3) is 4.94. The summed E-state index contributed by atoms with van der Waals surface area (Å²) in [7, 11) is 1.66. The molecule has 1 N–H and O–H groups in total. The molecule has 3 aromatic rings. The summed E-state index contributed by atoms with van der Waals surface area (Å²) in [5.41, 5.74) is 0.541. The molecular formula is C23H26F2N6O. The third-order valence-electron chi connectivity index (χ3n) is 5.51. The molecule has 1 aliphatic heterocycles. The van der Waals surface area contributed by atoms with E-state index in [0.717, 1.165) is 44.1 Å². The SMILES string of the molecule is CC(CN1CCN(c2ccccn2)CC1)NC(=O)c1cn(C)nc1-c1ccc(F)cc1F.